The van der Waals surface area contributed by atoms with Crippen LogP contribution in [0, 0.1) is 0 Å². The van der Waals surface area contributed by atoms with Crippen LogP contribution in [0.3, 0.4) is 0 Å². The Labute approximate surface area is 188 Å². The van der Waals surface area contributed by atoms with Gasteiger partial charge in [0.1, 0.15) is 6.04 Å². The number of hydrazine groups is 1. The Bertz CT molecular complexity index is 1050. The first-order valence-electron chi connectivity index (χ1n) is 9.82. The maximum absolute atomic E-state index is 13.1. The highest BCUT2D eigenvalue weighted by atomic mass is 79.9. The smallest absolute Gasteiger partial charge is 0.253 e. The summed E-state index contributed by atoms with van der Waals surface area (Å²) in [4.78, 5) is 39.5. The van der Waals surface area contributed by atoms with E-state index in [1.807, 2.05) is 60.7 Å². The van der Waals surface area contributed by atoms with Crippen LogP contribution in [-0.4, -0.2) is 23.8 Å². The van der Waals surface area contributed by atoms with Gasteiger partial charge in [0, 0.05) is 4.47 Å². The minimum atomic E-state index is -0.827. The Morgan fingerprint density at radius 3 is 1.97 bits per heavy atom. The molecule has 0 spiro atoms. The summed E-state index contributed by atoms with van der Waals surface area (Å²) in [7, 11) is 0. The van der Waals surface area contributed by atoms with Gasteiger partial charge in [-0.15, -0.1) is 0 Å². The number of hydrogen-bond acceptors (Lipinski definition) is 4. The van der Waals surface area contributed by atoms with E-state index in [4.69, 9.17) is 0 Å². The average molecular weight is 478 g/mol. The van der Waals surface area contributed by atoms with Crippen LogP contribution in [0.5, 0.6) is 0 Å². The number of amides is 3. The maximum atomic E-state index is 13.1. The molecule has 1 saturated heterocycles. The highest BCUT2D eigenvalue weighted by Crippen LogP contribution is 2.26. The van der Waals surface area contributed by atoms with Crippen molar-refractivity contribution in [2.75, 3.05) is 4.90 Å². The van der Waals surface area contributed by atoms with E-state index in [1.54, 1.807) is 24.3 Å². The van der Waals surface area contributed by atoms with Crippen LogP contribution in [0.25, 0.3) is 0 Å². The third kappa shape index (κ3) is 4.57. The molecule has 0 saturated carbocycles. The van der Waals surface area contributed by atoms with E-state index in [-0.39, 0.29) is 18.2 Å². The monoisotopic (exact) mass is 477 g/mol. The molecule has 156 valence electrons. The average Bonchev–Trinajstić information content (AvgIpc) is 3.08. The number of carbonyl (C=O) groups is 3. The molecule has 0 radical (unpaired) electrons. The summed E-state index contributed by atoms with van der Waals surface area (Å²) in [6, 6.07) is 24.9. The fraction of sp³-hybridized carbons (Fsp3) is 0.125. The van der Waals surface area contributed by atoms with Crippen molar-refractivity contribution in [3.05, 3.63) is 101 Å². The summed E-state index contributed by atoms with van der Waals surface area (Å²) in [5.74, 6) is -1.57. The van der Waals surface area contributed by atoms with Crippen LogP contribution in [0.4, 0.5) is 5.69 Å². The summed E-state index contributed by atoms with van der Waals surface area (Å²) in [6.07, 6.45) is -0.0312. The molecule has 31 heavy (non-hydrogen) atoms. The molecule has 3 aromatic carbocycles. The summed E-state index contributed by atoms with van der Waals surface area (Å²) in [6.45, 7) is 0. The van der Waals surface area contributed by atoms with Crippen LogP contribution in [0.1, 0.15) is 23.5 Å². The molecule has 1 aliphatic heterocycles. The van der Waals surface area contributed by atoms with Crippen LogP contribution in [-0.2, 0) is 14.4 Å². The van der Waals surface area contributed by atoms with E-state index in [9.17, 15) is 14.4 Å². The Morgan fingerprint density at radius 2 is 1.42 bits per heavy atom. The Kier molecular flexibility index (Phi) is 6.25. The third-order valence-electron chi connectivity index (χ3n) is 5.13. The van der Waals surface area contributed by atoms with Crippen LogP contribution < -0.4 is 15.8 Å². The number of nitrogens with zero attached hydrogens (tertiary/aromatic N) is 1. The van der Waals surface area contributed by atoms with Crippen LogP contribution in [0.15, 0.2) is 89.4 Å². The predicted molar refractivity (Wildman–Crippen MR) is 121 cm³/mol. The molecule has 7 heteroatoms. The summed E-state index contributed by atoms with van der Waals surface area (Å²) < 4.78 is 0.852. The maximum Gasteiger partial charge on any atom is 0.253 e. The summed E-state index contributed by atoms with van der Waals surface area (Å²) in [5, 5.41) is 0. The van der Waals surface area contributed by atoms with Crippen molar-refractivity contribution >= 4 is 39.3 Å². The van der Waals surface area contributed by atoms with Crippen molar-refractivity contribution < 1.29 is 14.4 Å². The van der Waals surface area contributed by atoms with Crippen molar-refractivity contribution in [3.63, 3.8) is 0 Å². The largest absolute Gasteiger partial charge is 0.290 e. The lowest BCUT2D eigenvalue weighted by molar-refractivity contribution is -0.123. The number of benzene rings is 3. The summed E-state index contributed by atoms with van der Waals surface area (Å²) in [5.41, 5.74) is 7.59. The van der Waals surface area contributed by atoms with Crippen LogP contribution in [0.2, 0.25) is 0 Å². The lowest BCUT2D eigenvalue weighted by Crippen LogP contribution is -2.49. The molecule has 0 aliphatic carbocycles. The van der Waals surface area contributed by atoms with Crippen molar-refractivity contribution in [2.24, 2.45) is 0 Å². The molecule has 1 fully saturated rings. The van der Waals surface area contributed by atoms with Gasteiger partial charge in [-0.25, -0.2) is 10.3 Å². The van der Waals surface area contributed by atoms with Crippen LogP contribution >= 0.6 is 15.9 Å². The van der Waals surface area contributed by atoms with Gasteiger partial charge in [0.2, 0.25) is 11.8 Å². The number of hydrogen-bond donors (Lipinski definition) is 2. The quantitative estimate of drug-likeness (QED) is 0.420. The lowest BCUT2D eigenvalue weighted by atomic mass is 9.91. The second-order valence-electron chi connectivity index (χ2n) is 7.19. The SMILES string of the molecule is O=C(NN[C@H]1CC(=O)N(c2ccc(Br)cc2)C1=O)C(c1ccccc1)c1ccccc1. The molecule has 0 unspecified atom stereocenters. The number of rotatable bonds is 6. The van der Waals surface area contributed by atoms with Crippen molar-refractivity contribution in [3.8, 4) is 0 Å². The summed E-state index contributed by atoms with van der Waals surface area (Å²) >= 11 is 3.34. The van der Waals surface area contributed by atoms with E-state index >= 15 is 0 Å². The standard InChI is InChI=1S/C24H20BrN3O3/c25-18-11-13-19(14-12-18)28-21(29)15-20(24(28)31)26-27-23(30)22(16-7-3-1-4-8-16)17-9-5-2-6-10-17/h1-14,20,22,26H,15H2,(H,27,30)/t20-/m0/s1. The molecule has 1 aliphatic rings. The lowest BCUT2D eigenvalue weighted by Gasteiger charge is -2.20. The zero-order chi connectivity index (χ0) is 21.8. The normalized spacial score (nSPS) is 16.1. The third-order valence-corrected chi connectivity index (χ3v) is 5.66. The first-order chi connectivity index (χ1) is 15.0. The van der Waals surface area contributed by atoms with Gasteiger partial charge in [0.25, 0.3) is 5.91 Å². The van der Waals surface area contributed by atoms with E-state index in [0.29, 0.717) is 5.69 Å². The molecule has 3 aromatic rings. The van der Waals surface area contributed by atoms with Crippen molar-refractivity contribution in [1.29, 1.82) is 0 Å². The Balaban J connectivity index is 1.48. The minimum Gasteiger partial charge on any atom is -0.290 e. The number of anilines is 1. The predicted octanol–water partition coefficient (Wildman–Crippen LogP) is 3.53. The van der Waals surface area contributed by atoms with Gasteiger partial charge in [-0.3, -0.25) is 19.8 Å². The van der Waals surface area contributed by atoms with E-state index < -0.39 is 17.9 Å². The highest BCUT2D eigenvalue weighted by molar-refractivity contribution is 9.10. The van der Waals surface area contributed by atoms with Gasteiger partial charge in [-0.2, -0.15) is 0 Å². The highest BCUT2D eigenvalue weighted by Gasteiger charge is 2.40. The number of halogens is 1. The molecule has 0 bridgehead atoms. The van der Waals surface area contributed by atoms with Gasteiger partial charge in [-0.05, 0) is 35.4 Å². The molecule has 1 atom stereocenters. The molecule has 0 aromatic heterocycles. The number of carbonyl (C=O) groups excluding carboxylic acids is 3. The second kappa shape index (κ2) is 9.24. The van der Waals surface area contributed by atoms with Gasteiger partial charge in [0.05, 0.1) is 18.0 Å². The molecule has 6 nitrogen and oxygen atoms in total. The molecule has 3 amide bonds. The topological polar surface area (TPSA) is 78.5 Å². The number of imide groups is 1. The minimum absolute atomic E-state index is 0.0312. The zero-order valence-electron chi connectivity index (χ0n) is 16.5. The molecule has 4 rings (SSSR count). The van der Waals surface area contributed by atoms with Crippen molar-refractivity contribution in [2.45, 2.75) is 18.4 Å². The second-order valence-corrected chi connectivity index (χ2v) is 8.10. The first kappa shape index (κ1) is 21.0. The first-order valence-corrected chi connectivity index (χ1v) is 10.6. The fourth-order valence-corrected chi connectivity index (χ4v) is 3.89. The zero-order valence-corrected chi connectivity index (χ0v) is 18.1. The Morgan fingerprint density at radius 1 is 0.871 bits per heavy atom. The Hall–Kier alpha value is -3.29. The molecule has 1 heterocycles. The van der Waals surface area contributed by atoms with Gasteiger partial charge in [0.15, 0.2) is 0 Å². The van der Waals surface area contributed by atoms with Crippen molar-refractivity contribution in [1.82, 2.24) is 10.9 Å². The van der Waals surface area contributed by atoms with E-state index in [1.165, 1.54) is 0 Å². The molecular formula is C24H20BrN3O3. The number of nitrogens with one attached hydrogen (secondary N) is 2. The molecular weight excluding hydrogens is 458 g/mol. The molecule has 2 N–H and O–H groups in total. The van der Waals surface area contributed by atoms with Gasteiger partial charge < -0.3 is 0 Å². The van der Waals surface area contributed by atoms with Gasteiger partial charge >= 0.3 is 0 Å². The van der Waals surface area contributed by atoms with Gasteiger partial charge in [-0.1, -0.05) is 76.6 Å². The fourth-order valence-electron chi connectivity index (χ4n) is 3.62. The van der Waals surface area contributed by atoms with E-state index in [2.05, 4.69) is 26.8 Å². The van der Waals surface area contributed by atoms with E-state index in [0.717, 1.165) is 20.5 Å².